The maximum Gasteiger partial charge on any atom is 0.255 e. The smallest absolute Gasteiger partial charge is 0.255 e. The third-order valence-corrected chi connectivity index (χ3v) is 3.45. The van der Waals surface area contributed by atoms with Gasteiger partial charge in [0.2, 0.25) is 0 Å². The molecule has 0 unspecified atom stereocenters. The zero-order valence-corrected chi connectivity index (χ0v) is 13.2. The number of primary amides is 1. The van der Waals surface area contributed by atoms with E-state index in [9.17, 15) is 9.59 Å². The van der Waals surface area contributed by atoms with E-state index in [4.69, 9.17) is 10.5 Å². The molecule has 0 aliphatic heterocycles. The maximum absolute atomic E-state index is 12.4. The molecule has 0 aliphatic carbocycles. The van der Waals surface area contributed by atoms with Crippen LogP contribution in [0.1, 0.15) is 41.0 Å². The molecule has 5 heteroatoms. The molecule has 2 aromatic carbocycles. The van der Waals surface area contributed by atoms with Gasteiger partial charge in [0.1, 0.15) is 5.75 Å². The summed E-state index contributed by atoms with van der Waals surface area (Å²) < 4.78 is 5.71. The van der Waals surface area contributed by atoms with Crippen molar-refractivity contribution in [2.45, 2.75) is 26.4 Å². The normalized spacial score (nSPS) is 11.6. The van der Waals surface area contributed by atoms with Gasteiger partial charge < -0.3 is 15.8 Å². The molecule has 0 spiro atoms. The Labute approximate surface area is 135 Å². The number of amides is 2. The fourth-order valence-electron chi connectivity index (χ4n) is 2.03. The van der Waals surface area contributed by atoms with Crippen molar-refractivity contribution >= 4 is 17.5 Å². The number of para-hydroxylation sites is 1. The molecule has 120 valence electrons. The third kappa shape index (κ3) is 4.32. The second-order valence-electron chi connectivity index (χ2n) is 5.23. The lowest BCUT2D eigenvalue weighted by Gasteiger charge is -2.13. The van der Waals surface area contributed by atoms with E-state index in [2.05, 4.69) is 5.32 Å². The topological polar surface area (TPSA) is 81.4 Å². The Balaban J connectivity index is 2.18. The van der Waals surface area contributed by atoms with Gasteiger partial charge in [-0.15, -0.1) is 0 Å². The van der Waals surface area contributed by atoms with Crippen LogP contribution in [0.4, 0.5) is 5.69 Å². The van der Waals surface area contributed by atoms with E-state index in [1.165, 1.54) is 0 Å². The molecule has 0 radical (unpaired) electrons. The van der Waals surface area contributed by atoms with Crippen molar-refractivity contribution in [2.24, 2.45) is 5.73 Å². The van der Waals surface area contributed by atoms with Gasteiger partial charge in [-0.05, 0) is 43.7 Å². The summed E-state index contributed by atoms with van der Waals surface area (Å²) in [7, 11) is 0. The Kier molecular flexibility index (Phi) is 5.36. The Morgan fingerprint density at radius 1 is 1.17 bits per heavy atom. The number of hydrogen-bond donors (Lipinski definition) is 2. The van der Waals surface area contributed by atoms with E-state index in [1.54, 1.807) is 48.5 Å². The van der Waals surface area contributed by atoms with E-state index in [0.29, 0.717) is 17.0 Å². The fourth-order valence-corrected chi connectivity index (χ4v) is 2.03. The minimum atomic E-state index is -0.588. The highest BCUT2D eigenvalue weighted by molar-refractivity contribution is 6.08. The quantitative estimate of drug-likeness (QED) is 0.859. The van der Waals surface area contributed by atoms with Crippen molar-refractivity contribution in [1.29, 1.82) is 0 Å². The molecule has 0 saturated heterocycles. The van der Waals surface area contributed by atoms with Gasteiger partial charge in [-0.2, -0.15) is 0 Å². The largest absolute Gasteiger partial charge is 0.491 e. The Hall–Kier alpha value is -2.82. The van der Waals surface area contributed by atoms with E-state index in [-0.39, 0.29) is 17.6 Å². The van der Waals surface area contributed by atoms with Gasteiger partial charge in [0, 0.05) is 5.56 Å². The first kappa shape index (κ1) is 16.5. The van der Waals surface area contributed by atoms with Crippen LogP contribution in [0.5, 0.6) is 5.75 Å². The summed E-state index contributed by atoms with van der Waals surface area (Å²) in [6, 6.07) is 13.5. The first-order valence-corrected chi connectivity index (χ1v) is 7.48. The summed E-state index contributed by atoms with van der Waals surface area (Å²) in [6.07, 6.45) is 0.950. The number of nitrogens with one attached hydrogen (secondary N) is 1. The molecule has 0 saturated carbocycles. The zero-order chi connectivity index (χ0) is 16.8. The summed E-state index contributed by atoms with van der Waals surface area (Å²) in [4.78, 5) is 23.8. The minimum absolute atomic E-state index is 0.0731. The lowest BCUT2D eigenvalue weighted by Crippen LogP contribution is -2.18. The Bertz CT molecular complexity index is 713. The van der Waals surface area contributed by atoms with Crippen molar-refractivity contribution in [3.05, 3.63) is 59.7 Å². The van der Waals surface area contributed by atoms with Crippen LogP contribution in [0.3, 0.4) is 0 Å². The second kappa shape index (κ2) is 7.45. The van der Waals surface area contributed by atoms with E-state index >= 15 is 0 Å². The van der Waals surface area contributed by atoms with Crippen molar-refractivity contribution in [3.8, 4) is 5.75 Å². The third-order valence-electron chi connectivity index (χ3n) is 3.45. The fraction of sp³-hybridized carbons (Fsp3) is 0.222. The molecular formula is C18H20N2O3. The molecule has 0 bridgehead atoms. The monoisotopic (exact) mass is 312 g/mol. The van der Waals surface area contributed by atoms with Crippen molar-refractivity contribution in [2.75, 3.05) is 5.32 Å². The van der Waals surface area contributed by atoms with Gasteiger partial charge in [0.05, 0.1) is 17.4 Å². The molecule has 0 fully saturated rings. The summed E-state index contributed by atoms with van der Waals surface area (Å²) in [5.41, 5.74) is 6.42. The van der Waals surface area contributed by atoms with Crippen LogP contribution in [0.15, 0.2) is 48.5 Å². The van der Waals surface area contributed by atoms with E-state index < -0.39 is 5.91 Å². The van der Waals surface area contributed by atoms with Gasteiger partial charge in [-0.25, -0.2) is 0 Å². The van der Waals surface area contributed by atoms with Crippen LogP contribution in [0.25, 0.3) is 0 Å². The predicted molar refractivity (Wildman–Crippen MR) is 89.7 cm³/mol. The average molecular weight is 312 g/mol. The number of ether oxygens (including phenoxy) is 1. The molecule has 3 N–H and O–H groups in total. The van der Waals surface area contributed by atoms with Crippen LogP contribution < -0.4 is 15.8 Å². The lowest BCUT2D eigenvalue weighted by atomic mass is 10.1. The Morgan fingerprint density at radius 2 is 1.91 bits per heavy atom. The highest BCUT2D eigenvalue weighted by atomic mass is 16.5. The first-order chi connectivity index (χ1) is 11.0. The number of carbonyl (C=O) groups is 2. The van der Waals surface area contributed by atoms with Crippen LogP contribution in [0, 0.1) is 0 Å². The zero-order valence-electron chi connectivity index (χ0n) is 13.2. The molecule has 2 rings (SSSR count). The number of anilines is 1. The van der Waals surface area contributed by atoms with Crippen molar-refractivity contribution in [1.82, 2.24) is 0 Å². The predicted octanol–water partition coefficient (Wildman–Crippen LogP) is 3.22. The average Bonchev–Trinajstić information content (AvgIpc) is 2.55. The molecule has 5 nitrogen and oxygen atoms in total. The number of carbonyl (C=O) groups excluding carboxylic acids is 2. The highest BCUT2D eigenvalue weighted by Gasteiger charge is 2.12. The SMILES string of the molecule is CC[C@H](C)Oc1cccc(C(=O)Nc2ccccc2C(N)=O)c1. The van der Waals surface area contributed by atoms with Gasteiger partial charge in [-0.3, -0.25) is 9.59 Å². The molecule has 0 aliphatic rings. The van der Waals surface area contributed by atoms with Gasteiger partial charge in [0.15, 0.2) is 0 Å². The maximum atomic E-state index is 12.4. The molecular weight excluding hydrogens is 292 g/mol. The minimum Gasteiger partial charge on any atom is -0.491 e. The number of hydrogen-bond acceptors (Lipinski definition) is 3. The number of rotatable bonds is 6. The van der Waals surface area contributed by atoms with E-state index in [1.807, 2.05) is 13.8 Å². The van der Waals surface area contributed by atoms with Gasteiger partial charge in [-0.1, -0.05) is 25.1 Å². The number of benzene rings is 2. The van der Waals surface area contributed by atoms with Gasteiger partial charge >= 0.3 is 0 Å². The Morgan fingerprint density at radius 3 is 2.61 bits per heavy atom. The van der Waals surface area contributed by atoms with Crippen LogP contribution >= 0.6 is 0 Å². The van der Waals surface area contributed by atoms with E-state index in [0.717, 1.165) is 6.42 Å². The second-order valence-corrected chi connectivity index (χ2v) is 5.23. The van der Waals surface area contributed by atoms with Gasteiger partial charge in [0.25, 0.3) is 11.8 Å². The molecule has 23 heavy (non-hydrogen) atoms. The van der Waals surface area contributed by atoms with Crippen LogP contribution in [-0.4, -0.2) is 17.9 Å². The standard InChI is InChI=1S/C18H20N2O3/c1-3-12(2)23-14-8-6-7-13(11-14)18(22)20-16-10-5-4-9-15(16)17(19)21/h4-12H,3H2,1-2H3,(H2,19,21)(H,20,22)/t12-/m0/s1. The summed E-state index contributed by atoms with van der Waals surface area (Å²) in [5.74, 6) is -0.279. The highest BCUT2D eigenvalue weighted by Crippen LogP contribution is 2.19. The summed E-state index contributed by atoms with van der Waals surface area (Å²) in [6.45, 7) is 4.00. The lowest BCUT2D eigenvalue weighted by molar-refractivity contribution is 0.100. The molecule has 0 heterocycles. The summed E-state index contributed by atoms with van der Waals surface area (Å²) >= 11 is 0. The summed E-state index contributed by atoms with van der Waals surface area (Å²) in [5, 5.41) is 2.71. The molecule has 0 aromatic heterocycles. The van der Waals surface area contributed by atoms with Crippen LogP contribution in [-0.2, 0) is 0 Å². The molecule has 2 aromatic rings. The first-order valence-electron chi connectivity index (χ1n) is 7.48. The molecule has 1 atom stereocenters. The van der Waals surface area contributed by atoms with Crippen LogP contribution in [0.2, 0.25) is 0 Å². The van der Waals surface area contributed by atoms with Crippen molar-refractivity contribution < 1.29 is 14.3 Å². The van der Waals surface area contributed by atoms with Crippen molar-refractivity contribution in [3.63, 3.8) is 0 Å². The number of nitrogens with two attached hydrogens (primary N) is 1. The molecule has 2 amide bonds.